The number of rotatable bonds is 9. The summed E-state index contributed by atoms with van der Waals surface area (Å²) in [7, 11) is 0. The third kappa shape index (κ3) is 6.04. The maximum atomic E-state index is 15.5. The molecule has 1 amide bonds. The zero-order valence-corrected chi connectivity index (χ0v) is 19.9. The molecule has 2 atom stereocenters. The van der Waals surface area contributed by atoms with Crippen LogP contribution in [0.5, 0.6) is 0 Å². The fourth-order valence-corrected chi connectivity index (χ4v) is 4.44. The van der Waals surface area contributed by atoms with Gasteiger partial charge in [-0.05, 0) is 43.5 Å². The summed E-state index contributed by atoms with van der Waals surface area (Å²) in [5.41, 5.74) is 4.54. The van der Waals surface area contributed by atoms with Gasteiger partial charge in [0, 0.05) is 31.1 Å². The van der Waals surface area contributed by atoms with Crippen molar-refractivity contribution in [2.75, 3.05) is 36.4 Å². The Balaban J connectivity index is 1.45. The van der Waals surface area contributed by atoms with E-state index in [0.717, 1.165) is 25.0 Å². The summed E-state index contributed by atoms with van der Waals surface area (Å²) in [5, 5.41) is 13.7. The van der Waals surface area contributed by atoms with Gasteiger partial charge in [-0.1, -0.05) is 19.1 Å². The second-order valence-electron chi connectivity index (χ2n) is 9.89. The highest BCUT2D eigenvalue weighted by Gasteiger charge is 2.39. The molecule has 196 valence electrons. The molecular formula is C24H30F4N6O2. The number of amides is 1. The molecule has 12 heteroatoms. The van der Waals surface area contributed by atoms with Gasteiger partial charge >= 0.3 is 6.18 Å². The molecule has 1 aliphatic carbocycles. The monoisotopic (exact) mass is 510 g/mol. The van der Waals surface area contributed by atoms with Crippen molar-refractivity contribution in [1.82, 2.24) is 14.9 Å². The molecule has 36 heavy (non-hydrogen) atoms. The number of β-amino-alcohol motifs (C(OH)–C–C–N with tert-alkyl or cyclic N) is 1. The van der Waals surface area contributed by atoms with Crippen LogP contribution in [0, 0.1) is 11.2 Å². The SMILES string of the molecule is CC1(CNc2ncnc(N(Cc3ccc(C(F)(F)F)cc3)C3CC3)c2F)CCN(CC(N)=O)C[C@@H]1O. The van der Waals surface area contributed by atoms with E-state index in [-0.39, 0.29) is 43.9 Å². The molecule has 2 aromatic rings. The van der Waals surface area contributed by atoms with Crippen LogP contribution in [-0.4, -0.2) is 64.2 Å². The molecule has 4 rings (SSSR count). The number of aliphatic hydroxyl groups excluding tert-OH is 1. The van der Waals surface area contributed by atoms with E-state index in [9.17, 15) is 23.1 Å². The van der Waals surface area contributed by atoms with Gasteiger partial charge in [-0.3, -0.25) is 9.69 Å². The lowest BCUT2D eigenvalue weighted by molar-refractivity contribution is -0.137. The summed E-state index contributed by atoms with van der Waals surface area (Å²) in [6.45, 7) is 3.25. The van der Waals surface area contributed by atoms with E-state index in [2.05, 4.69) is 15.3 Å². The number of primary amides is 1. The molecule has 4 N–H and O–H groups in total. The van der Waals surface area contributed by atoms with Crippen molar-refractivity contribution in [2.45, 2.75) is 51.1 Å². The molecule has 2 heterocycles. The number of piperidine rings is 1. The molecule has 2 fully saturated rings. The largest absolute Gasteiger partial charge is 0.416 e. The average molecular weight is 511 g/mol. The van der Waals surface area contributed by atoms with Crippen molar-refractivity contribution >= 4 is 17.5 Å². The van der Waals surface area contributed by atoms with Crippen molar-refractivity contribution in [3.8, 4) is 0 Å². The van der Waals surface area contributed by atoms with Crippen LogP contribution < -0.4 is 16.0 Å². The maximum Gasteiger partial charge on any atom is 0.416 e. The number of hydrogen-bond acceptors (Lipinski definition) is 7. The van der Waals surface area contributed by atoms with E-state index in [1.807, 2.05) is 6.92 Å². The van der Waals surface area contributed by atoms with Gasteiger partial charge in [-0.15, -0.1) is 0 Å². The van der Waals surface area contributed by atoms with E-state index >= 15 is 4.39 Å². The highest BCUT2D eigenvalue weighted by molar-refractivity contribution is 5.75. The van der Waals surface area contributed by atoms with Crippen LogP contribution in [0.4, 0.5) is 29.2 Å². The van der Waals surface area contributed by atoms with Gasteiger partial charge in [0.2, 0.25) is 11.7 Å². The topological polar surface area (TPSA) is 108 Å². The van der Waals surface area contributed by atoms with E-state index in [1.165, 1.54) is 18.5 Å². The normalized spacial score (nSPS) is 22.9. The Hall–Kier alpha value is -2.99. The van der Waals surface area contributed by atoms with Gasteiger partial charge in [0.15, 0.2) is 11.6 Å². The molecule has 2 aliphatic rings. The van der Waals surface area contributed by atoms with Gasteiger partial charge in [-0.25, -0.2) is 9.97 Å². The number of hydrogen-bond donors (Lipinski definition) is 3. The quantitative estimate of drug-likeness (QED) is 0.446. The number of aliphatic hydroxyl groups is 1. The average Bonchev–Trinajstić information content (AvgIpc) is 3.65. The first kappa shape index (κ1) is 26.1. The Bertz CT molecular complexity index is 1080. The summed E-state index contributed by atoms with van der Waals surface area (Å²) in [4.78, 5) is 22.9. The highest BCUT2D eigenvalue weighted by atomic mass is 19.4. The third-order valence-electron chi connectivity index (χ3n) is 6.94. The van der Waals surface area contributed by atoms with Crippen molar-refractivity contribution in [3.05, 3.63) is 47.5 Å². The Morgan fingerprint density at radius 1 is 1.28 bits per heavy atom. The summed E-state index contributed by atoms with van der Waals surface area (Å²) in [5.74, 6) is -1.04. The minimum absolute atomic E-state index is 0.00828. The number of nitrogens with one attached hydrogen (secondary N) is 1. The summed E-state index contributed by atoms with van der Waals surface area (Å²) < 4.78 is 54.2. The predicted octanol–water partition coefficient (Wildman–Crippen LogP) is 2.77. The number of alkyl halides is 3. The molecule has 1 saturated heterocycles. The molecule has 0 bridgehead atoms. The minimum atomic E-state index is -4.42. The molecule has 0 radical (unpaired) electrons. The fourth-order valence-electron chi connectivity index (χ4n) is 4.44. The van der Waals surface area contributed by atoms with E-state index in [1.54, 1.807) is 9.80 Å². The van der Waals surface area contributed by atoms with Gasteiger partial charge in [0.1, 0.15) is 6.33 Å². The fraction of sp³-hybridized carbons (Fsp3) is 0.542. The minimum Gasteiger partial charge on any atom is -0.391 e. The predicted molar refractivity (Wildman–Crippen MR) is 125 cm³/mol. The van der Waals surface area contributed by atoms with Crippen LogP contribution >= 0.6 is 0 Å². The zero-order chi connectivity index (χ0) is 26.1. The lowest BCUT2D eigenvalue weighted by Gasteiger charge is -2.43. The second kappa shape index (κ2) is 10.2. The van der Waals surface area contributed by atoms with Crippen LogP contribution in [-0.2, 0) is 17.5 Å². The molecule has 8 nitrogen and oxygen atoms in total. The number of aromatic nitrogens is 2. The van der Waals surface area contributed by atoms with E-state index in [4.69, 9.17) is 5.73 Å². The number of nitrogens with two attached hydrogens (primary N) is 1. The van der Waals surface area contributed by atoms with Crippen LogP contribution in [0.15, 0.2) is 30.6 Å². The molecule has 1 unspecified atom stereocenters. The summed E-state index contributed by atoms with van der Waals surface area (Å²) in [6.07, 6.45) is -1.70. The van der Waals surface area contributed by atoms with Crippen molar-refractivity contribution in [2.24, 2.45) is 11.1 Å². The van der Waals surface area contributed by atoms with Crippen molar-refractivity contribution in [1.29, 1.82) is 0 Å². The third-order valence-corrected chi connectivity index (χ3v) is 6.94. The van der Waals surface area contributed by atoms with Crippen LogP contribution in [0.25, 0.3) is 0 Å². The number of halogens is 4. The first-order valence-electron chi connectivity index (χ1n) is 11.8. The highest BCUT2D eigenvalue weighted by Crippen LogP contribution is 2.36. The number of carbonyl (C=O) groups excluding carboxylic acids is 1. The standard InChI is InChI=1S/C24H30F4N6O2/c1-23(8-9-33(11-18(23)35)12-19(29)36)13-30-21-20(25)22(32-14-31-21)34(17-6-7-17)10-15-2-4-16(5-3-15)24(26,27)28/h2-5,14,17-18,35H,6-13H2,1H3,(H2,29,36)(H,30,31,32)/t18-,23?/m0/s1. The molecule has 1 aromatic heterocycles. The number of anilines is 2. The smallest absolute Gasteiger partial charge is 0.391 e. The second-order valence-corrected chi connectivity index (χ2v) is 9.89. The number of nitrogens with zero attached hydrogens (tertiary/aromatic N) is 4. The Morgan fingerprint density at radius 2 is 1.97 bits per heavy atom. The molecule has 1 aromatic carbocycles. The Morgan fingerprint density at radius 3 is 2.56 bits per heavy atom. The van der Waals surface area contributed by atoms with E-state index in [0.29, 0.717) is 18.5 Å². The van der Waals surface area contributed by atoms with Gasteiger partial charge < -0.3 is 21.1 Å². The van der Waals surface area contributed by atoms with Crippen LogP contribution in [0.1, 0.15) is 37.3 Å². The number of carbonyl (C=O) groups is 1. The first-order valence-corrected chi connectivity index (χ1v) is 11.8. The lowest BCUT2D eigenvalue weighted by Crippen LogP contribution is -2.53. The van der Waals surface area contributed by atoms with Crippen LogP contribution in [0.2, 0.25) is 0 Å². The van der Waals surface area contributed by atoms with Crippen LogP contribution in [0.3, 0.4) is 0 Å². The van der Waals surface area contributed by atoms with Crippen molar-refractivity contribution < 1.29 is 27.5 Å². The first-order chi connectivity index (χ1) is 17.0. The summed E-state index contributed by atoms with van der Waals surface area (Å²) >= 11 is 0. The maximum absolute atomic E-state index is 15.5. The molecule has 0 spiro atoms. The number of likely N-dealkylation sites (tertiary alicyclic amines) is 1. The zero-order valence-electron chi connectivity index (χ0n) is 19.9. The van der Waals surface area contributed by atoms with E-state index < -0.39 is 35.0 Å². The Kier molecular flexibility index (Phi) is 7.37. The number of benzene rings is 1. The molecule has 1 aliphatic heterocycles. The molecular weight excluding hydrogens is 480 g/mol. The van der Waals surface area contributed by atoms with Gasteiger partial charge in [-0.2, -0.15) is 17.6 Å². The molecule has 1 saturated carbocycles. The lowest BCUT2D eigenvalue weighted by atomic mass is 9.77. The Labute approximate surface area is 206 Å². The van der Waals surface area contributed by atoms with Gasteiger partial charge in [0.25, 0.3) is 0 Å². The summed E-state index contributed by atoms with van der Waals surface area (Å²) in [6, 6.07) is 4.86. The van der Waals surface area contributed by atoms with Gasteiger partial charge in [0.05, 0.1) is 18.2 Å². The van der Waals surface area contributed by atoms with Crippen molar-refractivity contribution in [3.63, 3.8) is 0 Å².